The van der Waals surface area contributed by atoms with Crippen LogP contribution in [0, 0.1) is 0 Å². The molecule has 0 bridgehead atoms. The molecule has 1 aliphatic rings. The summed E-state index contributed by atoms with van der Waals surface area (Å²) in [5.41, 5.74) is -0.723. The van der Waals surface area contributed by atoms with Crippen molar-refractivity contribution in [2.75, 3.05) is 40.0 Å². The number of nitrogens with zero attached hydrogens (tertiary/aromatic N) is 1. The lowest BCUT2D eigenvalue weighted by molar-refractivity contribution is -0.145. The van der Waals surface area contributed by atoms with E-state index in [2.05, 4.69) is 0 Å². The fourth-order valence-corrected chi connectivity index (χ4v) is 1.89. The topological polar surface area (TPSA) is 59.0 Å². The third-order valence-corrected chi connectivity index (χ3v) is 2.69. The Hall–Kier alpha value is -0.650. The van der Waals surface area contributed by atoms with Crippen molar-refractivity contribution in [2.24, 2.45) is 0 Å². The number of aliphatic hydroxyl groups is 1. The summed E-state index contributed by atoms with van der Waals surface area (Å²) in [5.74, 6) is -0.249. The Kier molecular flexibility index (Phi) is 5.18. The van der Waals surface area contributed by atoms with Crippen molar-refractivity contribution >= 4 is 5.97 Å². The van der Waals surface area contributed by atoms with Gasteiger partial charge in [0.05, 0.1) is 18.8 Å². The van der Waals surface area contributed by atoms with E-state index in [9.17, 15) is 9.90 Å². The van der Waals surface area contributed by atoms with Crippen molar-refractivity contribution in [3.8, 4) is 0 Å². The summed E-state index contributed by atoms with van der Waals surface area (Å²) in [6.07, 6.45) is 1.25. The lowest BCUT2D eigenvalue weighted by Gasteiger charge is -2.35. The molecule has 1 aliphatic heterocycles. The molecule has 0 atom stereocenters. The van der Waals surface area contributed by atoms with E-state index in [0.29, 0.717) is 39.2 Å². The summed E-state index contributed by atoms with van der Waals surface area (Å²) < 4.78 is 10.0. The molecule has 0 aliphatic carbocycles. The number of carbonyl (C=O) groups excluding carboxylic acids is 1. The second-order valence-electron chi connectivity index (χ2n) is 4.31. The van der Waals surface area contributed by atoms with Crippen LogP contribution in [0.5, 0.6) is 0 Å². The Morgan fingerprint density at radius 3 is 2.69 bits per heavy atom. The van der Waals surface area contributed by atoms with Crippen molar-refractivity contribution in [1.29, 1.82) is 0 Å². The van der Waals surface area contributed by atoms with Crippen LogP contribution in [0.1, 0.15) is 19.8 Å². The van der Waals surface area contributed by atoms with Crippen LogP contribution in [0.2, 0.25) is 0 Å². The molecule has 0 unspecified atom stereocenters. The van der Waals surface area contributed by atoms with E-state index in [1.807, 2.05) is 7.05 Å². The zero-order valence-electron chi connectivity index (χ0n) is 10.1. The van der Waals surface area contributed by atoms with E-state index in [-0.39, 0.29) is 12.5 Å². The minimum absolute atomic E-state index is 0.219. The maximum atomic E-state index is 11.2. The highest BCUT2D eigenvalue weighted by Crippen LogP contribution is 2.21. The average molecular weight is 231 g/mol. The van der Waals surface area contributed by atoms with Gasteiger partial charge in [-0.2, -0.15) is 0 Å². The maximum absolute atomic E-state index is 11.2. The first kappa shape index (κ1) is 13.4. The molecule has 1 rings (SSSR count). The molecule has 0 saturated carbocycles. The SMILES string of the molecule is CCOC(=O)CN(C)CC1(O)CCOCC1. The van der Waals surface area contributed by atoms with Crippen LogP contribution >= 0.6 is 0 Å². The molecule has 0 aromatic rings. The van der Waals surface area contributed by atoms with Gasteiger partial charge in [-0.25, -0.2) is 0 Å². The van der Waals surface area contributed by atoms with E-state index < -0.39 is 5.60 Å². The molecule has 1 fully saturated rings. The Morgan fingerprint density at radius 1 is 1.50 bits per heavy atom. The fourth-order valence-electron chi connectivity index (χ4n) is 1.89. The predicted molar refractivity (Wildman–Crippen MR) is 59.1 cm³/mol. The zero-order valence-corrected chi connectivity index (χ0v) is 10.1. The van der Waals surface area contributed by atoms with E-state index in [0.717, 1.165) is 0 Å². The van der Waals surface area contributed by atoms with E-state index in [1.165, 1.54) is 0 Å². The molecular formula is C11H21NO4. The van der Waals surface area contributed by atoms with Crippen molar-refractivity contribution < 1.29 is 19.4 Å². The van der Waals surface area contributed by atoms with Crippen LogP contribution < -0.4 is 0 Å². The van der Waals surface area contributed by atoms with E-state index >= 15 is 0 Å². The monoisotopic (exact) mass is 231 g/mol. The molecule has 1 saturated heterocycles. The van der Waals surface area contributed by atoms with Gasteiger partial charge >= 0.3 is 5.97 Å². The Balaban J connectivity index is 2.31. The molecule has 1 N–H and O–H groups in total. The summed E-state index contributed by atoms with van der Waals surface area (Å²) in [4.78, 5) is 13.0. The molecule has 5 heteroatoms. The molecule has 0 radical (unpaired) electrons. The first-order valence-electron chi connectivity index (χ1n) is 5.70. The third-order valence-electron chi connectivity index (χ3n) is 2.69. The van der Waals surface area contributed by atoms with Crippen LogP contribution in [-0.2, 0) is 14.3 Å². The normalized spacial score (nSPS) is 19.8. The minimum Gasteiger partial charge on any atom is -0.465 e. The van der Waals surface area contributed by atoms with Crippen LogP contribution in [0.4, 0.5) is 0 Å². The summed E-state index contributed by atoms with van der Waals surface area (Å²) in [7, 11) is 1.81. The minimum atomic E-state index is -0.723. The van der Waals surface area contributed by atoms with Gasteiger partial charge in [-0.05, 0) is 14.0 Å². The van der Waals surface area contributed by atoms with Gasteiger partial charge in [0.25, 0.3) is 0 Å². The third kappa shape index (κ3) is 4.47. The van der Waals surface area contributed by atoms with Gasteiger partial charge in [-0.15, -0.1) is 0 Å². The van der Waals surface area contributed by atoms with Crippen LogP contribution in [0.25, 0.3) is 0 Å². The molecule has 0 amide bonds. The molecule has 0 aromatic heterocycles. The zero-order chi connectivity index (χ0) is 12.0. The standard InChI is InChI=1S/C11H21NO4/c1-3-16-10(13)8-12(2)9-11(14)4-6-15-7-5-11/h14H,3-9H2,1-2H3. The number of hydrogen-bond acceptors (Lipinski definition) is 5. The summed E-state index contributed by atoms with van der Waals surface area (Å²) in [6, 6.07) is 0. The smallest absolute Gasteiger partial charge is 0.320 e. The molecule has 94 valence electrons. The lowest BCUT2D eigenvalue weighted by atomic mass is 9.94. The van der Waals surface area contributed by atoms with Crippen molar-refractivity contribution in [1.82, 2.24) is 4.90 Å². The van der Waals surface area contributed by atoms with E-state index in [4.69, 9.17) is 9.47 Å². The number of rotatable bonds is 5. The van der Waals surface area contributed by atoms with Gasteiger partial charge in [0, 0.05) is 32.6 Å². The predicted octanol–water partition coefficient (Wildman–Crippen LogP) is 0.0228. The molecular weight excluding hydrogens is 210 g/mol. The summed E-state index contributed by atoms with van der Waals surface area (Å²) in [6.45, 7) is 4.05. The van der Waals surface area contributed by atoms with Crippen LogP contribution in [0.15, 0.2) is 0 Å². The second kappa shape index (κ2) is 6.18. The van der Waals surface area contributed by atoms with Crippen LogP contribution in [0.3, 0.4) is 0 Å². The van der Waals surface area contributed by atoms with Gasteiger partial charge in [0.1, 0.15) is 0 Å². The highest BCUT2D eigenvalue weighted by molar-refractivity contribution is 5.71. The molecule has 0 spiro atoms. The number of carbonyl (C=O) groups is 1. The average Bonchev–Trinajstić information content (AvgIpc) is 2.17. The number of ether oxygens (including phenoxy) is 2. The Bertz CT molecular complexity index is 226. The Labute approximate surface area is 96.3 Å². The second-order valence-corrected chi connectivity index (χ2v) is 4.31. The van der Waals surface area contributed by atoms with Gasteiger partial charge in [0.2, 0.25) is 0 Å². The number of likely N-dealkylation sites (N-methyl/N-ethyl adjacent to an activating group) is 1. The quantitative estimate of drug-likeness (QED) is 0.676. The van der Waals surface area contributed by atoms with Crippen molar-refractivity contribution in [3.63, 3.8) is 0 Å². The van der Waals surface area contributed by atoms with Crippen LogP contribution in [-0.4, -0.2) is 61.5 Å². The fraction of sp³-hybridized carbons (Fsp3) is 0.909. The van der Waals surface area contributed by atoms with Gasteiger partial charge in [-0.3, -0.25) is 9.69 Å². The largest absolute Gasteiger partial charge is 0.465 e. The van der Waals surface area contributed by atoms with Crippen molar-refractivity contribution in [2.45, 2.75) is 25.4 Å². The molecule has 16 heavy (non-hydrogen) atoms. The van der Waals surface area contributed by atoms with Crippen molar-refractivity contribution in [3.05, 3.63) is 0 Å². The molecule has 5 nitrogen and oxygen atoms in total. The highest BCUT2D eigenvalue weighted by Gasteiger charge is 2.31. The Morgan fingerprint density at radius 2 is 2.12 bits per heavy atom. The molecule has 1 heterocycles. The first-order chi connectivity index (χ1) is 7.56. The first-order valence-corrected chi connectivity index (χ1v) is 5.70. The van der Waals surface area contributed by atoms with E-state index in [1.54, 1.807) is 11.8 Å². The molecule has 0 aromatic carbocycles. The van der Waals surface area contributed by atoms with Gasteiger partial charge in [-0.1, -0.05) is 0 Å². The number of esters is 1. The van der Waals surface area contributed by atoms with Gasteiger partial charge < -0.3 is 14.6 Å². The summed E-state index contributed by atoms with van der Waals surface area (Å²) >= 11 is 0. The lowest BCUT2D eigenvalue weighted by Crippen LogP contribution is -2.46. The van der Waals surface area contributed by atoms with Gasteiger partial charge in [0.15, 0.2) is 0 Å². The number of hydrogen-bond donors (Lipinski definition) is 1. The highest BCUT2D eigenvalue weighted by atomic mass is 16.5. The maximum Gasteiger partial charge on any atom is 0.320 e. The summed E-state index contributed by atoms with van der Waals surface area (Å²) in [5, 5.41) is 10.2.